The van der Waals surface area contributed by atoms with Gasteiger partial charge < -0.3 is 14.6 Å². The normalized spacial score (nSPS) is 21.9. The second-order valence-electron chi connectivity index (χ2n) is 10.9. The highest BCUT2D eigenvalue weighted by atomic mass is 16.5. The first-order valence-corrected chi connectivity index (χ1v) is 13.8. The van der Waals surface area contributed by atoms with Crippen LogP contribution in [-0.2, 0) is 4.79 Å². The molecule has 7 heteroatoms. The molecule has 38 heavy (non-hydrogen) atoms. The van der Waals surface area contributed by atoms with Crippen LogP contribution in [0.1, 0.15) is 62.0 Å². The molecule has 0 radical (unpaired) electrons. The zero-order chi connectivity index (χ0) is 25.9. The summed E-state index contributed by atoms with van der Waals surface area (Å²) in [5.74, 6) is 2.38. The van der Waals surface area contributed by atoms with Crippen LogP contribution in [0.25, 0.3) is 21.9 Å². The van der Waals surface area contributed by atoms with Crippen LogP contribution in [0, 0.1) is 23.2 Å². The summed E-state index contributed by atoms with van der Waals surface area (Å²) < 4.78 is 5.97. The van der Waals surface area contributed by atoms with Crippen molar-refractivity contribution in [3.8, 4) is 11.8 Å². The molecule has 1 N–H and O–H groups in total. The molecule has 6 rings (SSSR count). The number of H-pyrrole nitrogens is 1. The molecular weight excluding hydrogens is 474 g/mol. The molecule has 2 fully saturated rings. The van der Waals surface area contributed by atoms with Crippen LogP contribution in [0.4, 0.5) is 0 Å². The second-order valence-corrected chi connectivity index (χ2v) is 10.9. The highest BCUT2D eigenvalue weighted by Crippen LogP contribution is 2.41. The summed E-state index contributed by atoms with van der Waals surface area (Å²) in [5, 5.41) is 11.3. The third-order valence-electron chi connectivity index (χ3n) is 8.41. The maximum atomic E-state index is 13.2. The fourth-order valence-electron chi connectivity index (χ4n) is 6.35. The molecule has 1 amide bonds. The number of hydrogen-bond acceptors (Lipinski definition) is 5. The number of carbonyl (C=O) groups is 1. The summed E-state index contributed by atoms with van der Waals surface area (Å²) in [6.07, 6.45) is 12.9. The number of ether oxygens (including phenoxy) is 1. The maximum absolute atomic E-state index is 13.2. The predicted octanol–water partition coefficient (Wildman–Crippen LogP) is 5.96. The van der Waals surface area contributed by atoms with Crippen molar-refractivity contribution in [3.63, 3.8) is 0 Å². The van der Waals surface area contributed by atoms with Gasteiger partial charge in [0.2, 0.25) is 5.91 Å². The first-order valence-electron chi connectivity index (χ1n) is 13.8. The minimum Gasteiger partial charge on any atom is -0.493 e. The Morgan fingerprint density at radius 1 is 1.05 bits per heavy atom. The lowest BCUT2D eigenvalue weighted by Crippen LogP contribution is -2.42. The van der Waals surface area contributed by atoms with E-state index in [2.05, 4.69) is 38.1 Å². The van der Waals surface area contributed by atoms with E-state index in [1.54, 1.807) is 12.1 Å². The van der Waals surface area contributed by atoms with E-state index in [1.807, 2.05) is 30.7 Å². The van der Waals surface area contributed by atoms with Gasteiger partial charge in [-0.25, -0.2) is 9.97 Å². The molecule has 4 heterocycles. The number of carbonyl (C=O) groups excluding carboxylic acids is 1. The number of benzene rings is 1. The summed E-state index contributed by atoms with van der Waals surface area (Å²) in [6, 6.07) is 13.6. The van der Waals surface area contributed by atoms with Gasteiger partial charge >= 0.3 is 0 Å². The number of fused-ring (bicyclic) bond motifs is 3. The van der Waals surface area contributed by atoms with Gasteiger partial charge in [-0.05, 0) is 92.3 Å². The van der Waals surface area contributed by atoms with Crippen molar-refractivity contribution in [1.82, 2.24) is 19.9 Å². The van der Waals surface area contributed by atoms with Crippen LogP contribution < -0.4 is 4.74 Å². The third kappa shape index (κ3) is 5.08. The SMILES string of the molecule is N#Cc1ccc(OCC2CCCN(C(=O)CC3CCC(c4cc[nH]c5cnc6nccc6c45)CC3)C2)cc1. The lowest BCUT2D eigenvalue weighted by atomic mass is 9.76. The first kappa shape index (κ1) is 24.4. The minimum absolute atomic E-state index is 0.298. The van der Waals surface area contributed by atoms with Gasteiger partial charge in [0.05, 0.1) is 30.0 Å². The molecular formula is C31H33N5O2. The van der Waals surface area contributed by atoms with Gasteiger partial charge in [-0.2, -0.15) is 5.26 Å². The van der Waals surface area contributed by atoms with Crippen molar-refractivity contribution in [3.05, 3.63) is 66.1 Å². The van der Waals surface area contributed by atoms with E-state index < -0.39 is 0 Å². The fraction of sp³-hybridized carbons (Fsp3) is 0.419. The smallest absolute Gasteiger partial charge is 0.222 e. The van der Waals surface area contributed by atoms with E-state index in [1.165, 1.54) is 10.9 Å². The highest BCUT2D eigenvalue weighted by Gasteiger charge is 2.29. The summed E-state index contributed by atoms with van der Waals surface area (Å²) in [6.45, 7) is 2.23. The standard InChI is InChI=1S/C31H33N5O2/c32-17-22-5-9-25(10-6-22)38-20-23-2-1-15-36(19-23)29(37)16-21-3-7-24(8-4-21)26-11-13-33-28-18-35-31-27(30(26)28)12-14-34-31/h5-6,9-14,18,21,23-24,33H,1-4,7-8,15-16,19-20H2. The number of hydrogen-bond donors (Lipinski definition) is 1. The van der Waals surface area contributed by atoms with Crippen molar-refractivity contribution in [1.29, 1.82) is 5.26 Å². The van der Waals surface area contributed by atoms with Crippen LogP contribution in [0.5, 0.6) is 5.75 Å². The molecule has 1 atom stereocenters. The number of piperidine rings is 1. The van der Waals surface area contributed by atoms with E-state index in [4.69, 9.17) is 10.00 Å². The van der Waals surface area contributed by atoms with Crippen molar-refractivity contribution in [2.24, 2.45) is 11.8 Å². The summed E-state index contributed by atoms with van der Waals surface area (Å²) in [4.78, 5) is 27.5. The largest absolute Gasteiger partial charge is 0.493 e. The molecule has 1 unspecified atom stereocenters. The number of amides is 1. The van der Waals surface area contributed by atoms with E-state index in [-0.39, 0.29) is 0 Å². The molecule has 0 spiro atoms. The van der Waals surface area contributed by atoms with Gasteiger partial charge in [0, 0.05) is 48.6 Å². The van der Waals surface area contributed by atoms with Crippen molar-refractivity contribution < 1.29 is 9.53 Å². The van der Waals surface area contributed by atoms with Crippen molar-refractivity contribution >= 4 is 27.8 Å². The lowest BCUT2D eigenvalue weighted by Gasteiger charge is -2.35. The Morgan fingerprint density at radius 2 is 1.89 bits per heavy atom. The Balaban J connectivity index is 1.03. The number of likely N-dealkylation sites (tertiary alicyclic amines) is 1. The van der Waals surface area contributed by atoms with Crippen molar-refractivity contribution in [2.75, 3.05) is 19.7 Å². The van der Waals surface area contributed by atoms with Gasteiger partial charge in [-0.1, -0.05) is 0 Å². The molecule has 1 aliphatic carbocycles. The van der Waals surface area contributed by atoms with Crippen LogP contribution in [0.15, 0.2) is 55.0 Å². The molecule has 1 aromatic carbocycles. The Bertz CT molecular complexity index is 1460. The molecule has 1 aliphatic heterocycles. The van der Waals surface area contributed by atoms with E-state index in [0.29, 0.717) is 42.3 Å². The van der Waals surface area contributed by atoms with Gasteiger partial charge in [0.15, 0.2) is 5.65 Å². The van der Waals surface area contributed by atoms with Gasteiger partial charge in [-0.3, -0.25) is 4.79 Å². The Hall–Kier alpha value is -3.92. The zero-order valence-electron chi connectivity index (χ0n) is 21.6. The van der Waals surface area contributed by atoms with Crippen LogP contribution in [0.2, 0.25) is 0 Å². The van der Waals surface area contributed by atoms with Crippen LogP contribution in [0.3, 0.4) is 0 Å². The Morgan fingerprint density at radius 3 is 2.71 bits per heavy atom. The fourth-order valence-corrected chi connectivity index (χ4v) is 6.35. The van der Waals surface area contributed by atoms with Crippen molar-refractivity contribution in [2.45, 2.75) is 50.9 Å². The van der Waals surface area contributed by atoms with E-state index in [0.717, 1.165) is 73.9 Å². The lowest BCUT2D eigenvalue weighted by molar-refractivity contribution is -0.134. The Kier molecular flexibility index (Phi) is 6.96. The topological polar surface area (TPSA) is 94.9 Å². The molecule has 2 aliphatic rings. The second kappa shape index (κ2) is 10.8. The number of pyridine rings is 2. The monoisotopic (exact) mass is 507 g/mol. The molecule has 1 saturated carbocycles. The number of nitrogens with one attached hydrogen (secondary N) is 1. The minimum atomic E-state index is 0.298. The molecule has 194 valence electrons. The zero-order valence-corrected chi connectivity index (χ0v) is 21.6. The van der Waals surface area contributed by atoms with Crippen LogP contribution >= 0.6 is 0 Å². The molecule has 0 bridgehead atoms. The summed E-state index contributed by atoms with van der Waals surface area (Å²) in [7, 11) is 0. The number of aromatic amines is 1. The number of aromatic nitrogens is 3. The van der Waals surface area contributed by atoms with Crippen LogP contribution in [-0.4, -0.2) is 45.5 Å². The van der Waals surface area contributed by atoms with E-state index in [9.17, 15) is 4.79 Å². The number of nitriles is 1. The quantitative estimate of drug-likeness (QED) is 0.347. The Labute approximate surface area is 222 Å². The van der Waals surface area contributed by atoms with Gasteiger partial charge in [0.25, 0.3) is 0 Å². The van der Waals surface area contributed by atoms with Gasteiger partial charge in [0.1, 0.15) is 5.75 Å². The molecule has 4 aromatic rings. The first-order chi connectivity index (χ1) is 18.7. The number of rotatable bonds is 6. The van der Waals surface area contributed by atoms with Gasteiger partial charge in [-0.15, -0.1) is 0 Å². The maximum Gasteiger partial charge on any atom is 0.222 e. The number of nitrogens with zero attached hydrogens (tertiary/aromatic N) is 4. The summed E-state index contributed by atoms with van der Waals surface area (Å²) >= 11 is 0. The molecule has 3 aromatic heterocycles. The molecule has 1 saturated heterocycles. The molecule has 7 nitrogen and oxygen atoms in total. The average molecular weight is 508 g/mol. The van der Waals surface area contributed by atoms with E-state index >= 15 is 0 Å². The highest BCUT2D eigenvalue weighted by molar-refractivity contribution is 6.05. The predicted molar refractivity (Wildman–Crippen MR) is 147 cm³/mol. The average Bonchev–Trinajstić information content (AvgIpc) is 3.46. The summed E-state index contributed by atoms with van der Waals surface area (Å²) in [5.41, 5.74) is 3.87. The third-order valence-corrected chi connectivity index (χ3v) is 8.41.